The molecular formula is C13H14N4S. The fourth-order valence-electron chi connectivity index (χ4n) is 1.88. The molecule has 5 heteroatoms. The summed E-state index contributed by atoms with van der Waals surface area (Å²) >= 11 is 1.68. The minimum Gasteiger partial charge on any atom is -0.317 e. The first-order valence-corrected chi connectivity index (χ1v) is 6.80. The van der Waals surface area contributed by atoms with Gasteiger partial charge in [0.15, 0.2) is 5.82 Å². The Bertz CT molecular complexity index is 574. The molecule has 0 fully saturated rings. The van der Waals surface area contributed by atoms with Gasteiger partial charge in [0.25, 0.3) is 0 Å². The highest BCUT2D eigenvalue weighted by Crippen LogP contribution is 2.29. The molecule has 0 radical (unpaired) electrons. The van der Waals surface area contributed by atoms with Gasteiger partial charge >= 0.3 is 0 Å². The average Bonchev–Trinajstić information content (AvgIpc) is 2.82. The van der Waals surface area contributed by atoms with Gasteiger partial charge in [-0.15, -0.1) is 10.2 Å². The molecule has 2 aromatic rings. The molecule has 1 aromatic carbocycles. The van der Waals surface area contributed by atoms with Gasteiger partial charge in [0, 0.05) is 11.3 Å². The quantitative estimate of drug-likeness (QED) is 0.899. The summed E-state index contributed by atoms with van der Waals surface area (Å²) in [4.78, 5) is 1.25. The molecule has 1 aliphatic rings. The van der Waals surface area contributed by atoms with Crippen molar-refractivity contribution in [3.63, 3.8) is 0 Å². The summed E-state index contributed by atoms with van der Waals surface area (Å²) in [6.07, 6.45) is 3.07. The van der Waals surface area contributed by atoms with Crippen molar-refractivity contribution < 1.29 is 0 Å². The molecule has 0 spiro atoms. The molecule has 0 unspecified atom stereocenters. The van der Waals surface area contributed by atoms with Crippen LogP contribution in [0.1, 0.15) is 18.3 Å². The van der Waals surface area contributed by atoms with E-state index in [4.69, 9.17) is 0 Å². The minimum absolute atomic E-state index is 0.817. The SMILES string of the molecule is CCc1nnc2n1NC/C(=C/c1ccccc1)S2. The van der Waals surface area contributed by atoms with Gasteiger partial charge in [0.2, 0.25) is 5.16 Å². The molecular weight excluding hydrogens is 244 g/mol. The van der Waals surface area contributed by atoms with Crippen molar-refractivity contribution in [1.82, 2.24) is 14.9 Å². The minimum atomic E-state index is 0.817. The van der Waals surface area contributed by atoms with Crippen LogP contribution in [0.15, 0.2) is 40.4 Å². The zero-order valence-corrected chi connectivity index (χ0v) is 10.9. The molecule has 4 nitrogen and oxygen atoms in total. The fraction of sp³-hybridized carbons (Fsp3) is 0.231. The van der Waals surface area contributed by atoms with E-state index in [0.717, 1.165) is 23.9 Å². The Balaban J connectivity index is 1.85. The number of thioether (sulfide) groups is 1. The lowest BCUT2D eigenvalue weighted by Crippen LogP contribution is -2.23. The van der Waals surface area contributed by atoms with E-state index < -0.39 is 0 Å². The molecule has 1 aromatic heterocycles. The summed E-state index contributed by atoms with van der Waals surface area (Å²) in [5.74, 6) is 0.983. The molecule has 0 aliphatic carbocycles. The van der Waals surface area contributed by atoms with Gasteiger partial charge in [-0.25, -0.2) is 4.68 Å². The van der Waals surface area contributed by atoms with Gasteiger partial charge in [0.05, 0.1) is 6.54 Å². The van der Waals surface area contributed by atoms with Gasteiger partial charge in [-0.3, -0.25) is 0 Å². The van der Waals surface area contributed by atoms with Crippen LogP contribution in [-0.2, 0) is 6.42 Å². The monoisotopic (exact) mass is 258 g/mol. The van der Waals surface area contributed by atoms with Crippen LogP contribution in [0.4, 0.5) is 0 Å². The third-order valence-electron chi connectivity index (χ3n) is 2.78. The maximum Gasteiger partial charge on any atom is 0.214 e. The van der Waals surface area contributed by atoms with E-state index in [1.54, 1.807) is 11.8 Å². The van der Waals surface area contributed by atoms with Crippen molar-refractivity contribution in [2.45, 2.75) is 18.5 Å². The largest absolute Gasteiger partial charge is 0.317 e. The highest BCUT2D eigenvalue weighted by Gasteiger charge is 2.18. The maximum absolute atomic E-state index is 4.19. The van der Waals surface area contributed by atoms with E-state index in [1.807, 2.05) is 22.9 Å². The lowest BCUT2D eigenvalue weighted by Gasteiger charge is -2.19. The van der Waals surface area contributed by atoms with Crippen molar-refractivity contribution >= 4 is 17.8 Å². The summed E-state index contributed by atoms with van der Waals surface area (Å²) < 4.78 is 1.98. The predicted octanol–water partition coefficient (Wildman–Crippen LogP) is 2.53. The fourth-order valence-corrected chi connectivity index (χ4v) is 2.79. The topological polar surface area (TPSA) is 42.7 Å². The number of benzene rings is 1. The second-order valence-electron chi connectivity index (χ2n) is 4.05. The maximum atomic E-state index is 4.19. The lowest BCUT2D eigenvalue weighted by molar-refractivity contribution is 0.727. The average molecular weight is 258 g/mol. The van der Waals surface area contributed by atoms with Crippen molar-refractivity contribution in [2.24, 2.45) is 0 Å². The molecule has 92 valence electrons. The Morgan fingerprint density at radius 3 is 2.94 bits per heavy atom. The number of rotatable bonds is 2. The highest BCUT2D eigenvalue weighted by atomic mass is 32.2. The van der Waals surface area contributed by atoms with Gasteiger partial charge < -0.3 is 5.43 Å². The molecule has 3 rings (SSSR count). The first-order chi connectivity index (χ1) is 8.86. The van der Waals surface area contributed by atoms with Crippen molar-refractivity contribution in [3.8, 4) is 0 Å². The van der Waals surface area contributed by atoms with Gasteiger partial charge in [-0.2, -0.15) is 0 Å². The van der Waals surface area contributed by atoms with Crippen LogP contribution in [-0.4, -0.2) is 21.4 Å². The summed E-state index contributed by atoms with van der Waals surface area (Å²) in [5.41, 5.74) is 4.55. The van der Waals surface area contributed by atoms with E-state index in [1.165, 1.54) is 10.5 Å². The van der Waals surface area contributed by atoms with Crippen LogP contribution in [0.25, 0.3) is 6.08 Å². The Morgan fingerprint density at radius 1 is 1.33 bits per heavy atom. The molecule has 18 heavy (non-hydrogen) atoms. The first-order valence-electron chi connectivity index (χ1n) is 5.98. The Kier molecular flexibility index (Phi) is 3.06. The summed E-state index contributed by atoms with van der Waals surface area (Å²) in [6.45, 7) is 2.90. The molecule has 1 aliphatic heterocycles. The molecule has 0 amide bonds. The van der Waals surface area contributed by atoms with E-state index in [-0.39, 0.29) is 0 Å². The number of aryl methyl sites for hydroxylation is 1. The van der Waals surface area contributed by atoms with Crippen molar-refractivity contribution in [2.75, 3.05) is 12.0 Å². The molecule has 1 N–H and O–H groups in total. The molecule has 0 bridgehead atoms. The van der Waals surface area contributed by atoms with Crippen LogP contribution >= 0.6 is 11.8 Å². The van der Waals surface area contributed by atoms with Gasteiger partial charge in [-0.1, -0.05) is 49.0 Å². The van der Waals surface area contributed by atoms with Crippen molar-refractivity contribution in [1.29, 1.82) is 0 Å². The van der Waals surface area contributed by atoms with E-state index >= 15 is 0 Å². The van der Waals surface area contributed by atoms with Crippen LogP contribution in [0.5, 0.6) is 0 Å². The van der Waals surface area contributed by atoms with Crippen LogP contribution < -0.4 is 5.43 Å². The second kappa shape index (κ2) is 4.86. The third kappa shape index (κ3) is 2.13. The molecule has 2 heterocycles. The number of nitrogens with one attached hydrogen (secondary N) is 1. The van der Waals surface area contributed by atoms with Crippen LogP contribution in [0.2, 0.25) is 0 Å². The number of fused-ring (bicyclic) bond motifs is 1. The molecule has 0 saturated heterocycles. The molecule has 0 atom stereocenters. The smallest absolute Gasteiger partial charge is 0.214 e. The number of hydrogen-bond donors (Lipinski definition) is 1. The lowest BCUT2D eigenvalue weighted by atomic mass is 10.2. The standard InChI is InChI=1S/C13H14N4S/c1-2-12-15-16-13-17(12)14-9-11(18-13)8-10-6-4-3-5-7-10/h3-8,14H,2,9H2,1H3/b11-8-. The van der Waals surface area contributed by atoms with Gasteiger partial charge in [-0.05, 0) is 11.6 Å². The number of aromatic nitrogens is 3. The van der Waals surface area contributed by atoms with E-state index in [2.05, 4.69) is 40.8 Å². The molecule has 0 saturated carbocycles. The third-order valence-corrected chi connectivity index (χ3v) is 3.75. The number of hydrogen-bond acceptors (Lipinski definition) is 4. The Labute approximate surface area is 110 Å². The zero-order chi connectivity index (χ0) is 12.4. The Hall–Kier alpha value is -1.75. The van der Waals surface area contributed by atoms with Gasteiger partial charge in [0.1, 0.15) is 0 Å². The van der Waals surface area contributed by atoms with Crippen LogP contribution in [0, 0.1) is 0 Å². The van der Waals surface area contributed by atoms with Crippen LogP contribution in [0.3, 0.4) is 0 Å². The predicted molar refractivity (Wildman–Crippen MR) is 73.9 cm³/mol. The number of nitrogens with zero attached hydrogens (tertiary/aromatic N) is 3. The van der Waals surface area contributed by atoms with E-state index in [9.17, 15) is 0 Å². The first kappa shape index (κ1) is 11.3. The summed E-state index contributed by atoms with van der Waals surface area (Å²) in [6, 6.07) is 10.3. The summed E-state index contributed by atoms with van der Waals surface area (Å²) in [7, 11) is 0. The Morgan fingerprint density at radius 2 is 2.17 bits per heavy atom. The zero-order valence-electron chi connectivity index (χ0n) is 10.1. The van der Waals surface area contributed by atoms with Crippen molar-refractivity contribution in [3.05, 3.63) is 46.6 Å². The normalized spacial score (nSPS) is 16.4. The second-order valence-corrected chi connectivity index (χ2v) is 5.14. The summed E-state index contributed by atoms with van der Waals surface area (Å²) in [5, 5.41) is 9.27. The van der Waals surface area contributed by atoms with E-state index in [0.29, 0.717) is 0 Å². The highest BCUT2D eigenvalue weighted by molar-refractivity contribution is 8.03.